The van der Waals surface area contributed by atoms with Gasteiger partial charge in [-0.2, -0.15) is 0 Å². The van der Waals surface area contributed by atoms with Crippen LogP contribution in [0.3, 0.4) is 0 Å². The number of amides is 1. The van der Waals surface area contributed by atoms with Crippen LogP contribution >= 0.6 is 0 Å². The summed E-state index contributed by atoms with van der Waals surface area (Å²) < 4.78 is 6.04. The van der Waals surface area contributed by atoms with Crippen molar-refractivity contribution >= 4 is 5.91 Å². The van der Waals surface area contributed by atoms with E-state index in [1.807, 2.05) is 32.9 Å². The lowest BCUT2D eigenvalue weighted by Crippen LogP contribution is -2.41. The summed E-state index contributed by atoms with van der Waals surface area (Å²) in [6.45, 7) is 8.03. The molecule has 4 nitrogen and oxygen atoms in total. The normalized spacial score (nSPS) is 21.1. The molecule has 3 N–H and O–H groups in total. The summed E-state index contributed by atoms with van der Waals surface area (Å²) in [5.74, 6) is 0.911. The van der Waals surface area contributed by atoms with Gasteiger partial charge in [0.2, 0.25) is 5.91 Å². The van der Waals surface area contributed by atoms with E-state index in [2.05, 4.69) is 18.3 Å². The summed E-state index contributed by atoms with van der Waals surface area (Å²) >= 11 is 0. The molecule has 116 valence electrons. The molecule has 0 aliphatic carbocycles. The second-order valence-corrected chi connectivity index (χ2v) is 6.35. The van der Waals surface area contributed by atoms with Crippen molar-refractivity contribution in [2.75, 3.05) is 0 Å². The Morgan fingerprint density at radius 1 is 1.48 bits per heavy atom. The van der Waals surface area contributed by atoms with Crippen LogP contribution in [0, 0.1) is 0 Å². The average Bonchev–Trinajstić information content (AvgIpc) is 2.44. The number of nitrogens with two attached hydrogens (primary N) is 1. The SMILES string of the molecule is CCC(=O)NC1CC(C)(C)Oc2ccc(C(N)CC)cc21. The highest BCUT2D eigenvalue weighted by molar-refractivity contribution is 5.76. The van der Waals surface area contributed by atoms with E-state index in [4.69, 9.17) is 10.5 Å². The van der Waals surface area contributed by atoms with Crippen LogP contribution in [0.1, 0.15) is 70.2 Å². The molecule has 21 heavy (non-hydrogen) atoms. The molecule has 1 heterocycles. The first-order valence-corrected chi connectivity index (χ1v) is 7.74. The molecule has 1 aromatic rings. The molecule has 1 aromatic carbocycles. The van der Waals surface area contributed by atoms with Gasteiger partial charge in [-0.05, 0) is 38.0 Å². The Balaban J connectivity index is 2.37. The van der Waals surface area contributed by atoms with Crippen molar-refractivity contribution in [1.82, 2.24) is 5.32 Å². The van der Waals surface area contributed by atoms with Crippen LogP contribution in [-0.4, -0.2) is 11.5 Å². The maximum absolute atomic E-state index is 11.8. The van der Waals surface area contributed by atoms with E-state index in [0.717, 1.165) is 29.7 Å². The van der Waals surface area contributed by atoms with Gasteiger partial charge in [0.25, 0.3) is 0 Å². The van der Waals surface area contributed by atoms with Crippen molar-refractivity contribution in [2.24, 2.45) is 5.73 Å². The van der Waals surface area contributed by atoms with E-state index in [1.54, 1.807) is 0 Å². The van der Waals surface area contributed by atoms with E-state index in [1.165, 1.54) is 0 Å². The van der Waals surface area contributed by atoms with Gasteiger partial charge in [-0.15, -0.1) is 0 Å². The zero-order valence-corrected chi connectivity index (χ0v) is 13.4. The molecular weight excluding hydrogens is 264 g/mol. The van der Waals surface area contributed by atoms with Gasteiger partial charge in [0.15, 0.2) is 0 Å². The first kappa shape index (κ1) is 15.8. The van der Waals surface area contributed by atoms with Crippen molar-refractivity contribution in [2.45, 2.75) is 64.6 Å². The third-order valence-corrected chi connectivity index (χ3v) is 4.02. The van der Waals surface area contributed by atoms with Gasteiger partial charge >= 0.3 is 0 Å². The lowest BCUT2D eigenvalue weighted by atomic mass is 9.88. The van der Waals surface area contributed by atoms with Gasteiger partial charge < -0.3 is 15.8 Å². The Morgan fingerprint density at radius 2 is 2.19 bits per heavy atom. The maximum Gasteiger partial charge on any atom is 0.220 e. The molecule has 0 spiro atoms. The van der Waals surface area contributed by atoms with Gasteiger partial charge in [-0.3, -0.25) is 4.79 Å². The van der Waals surface area contributed by atoms with Crippen molar-refractivity contribution in [3.05, 3.63) is 29.3 Å². The minimum absolute atomic E-state index is 0.0137. The predicted molar refractivity (Wildman–Crippen MR) is 84.2 cm³/mol. The maximum atomic E-state index is 11.8. The summed E-state index contributed by atoms with van der Waals surface area (Å²) in [7, 11) is 0. The van der Waals surface area contributed by atoms with Crippen molar-refractivity contribution in [1.29, 1.82) is 0 Å². The van der Waals surface area contributed by atoms with Crippen molar-refractivity contribution in [3.8, 4) is 5.75 Å². The van der Waals surface area contributed by atoms with E-state index >= 15 is 0 Å². The smallest absolute Gasteiger partial charge is 0.220 e. The standard InChI is InChI=1S/C17H26N2O2/c1-5-13(18)11-7-8-15-12(9-11)14(19-16(20)6-2)10-17(3,4)21-15/h7-9,13-14H,5-6,10,18H2,1-4H3,(H,19,20). The Kier molecular flexibility index (Phi) is 4.57. The van der Waals surface area contributed by atoms with Gasteiger partial charge in [-0.1, -0.05) is 19.9 Å². The molecule has 1 amide bonds. The summed E-state index contributed by atoms with van der Waals surface area (Å²) in [5.41, 5.74) is 7.97. The number of benzene rings is 1. The number of fused-ring (bicyclic) bond motifs is 1. The molecule has 4 heteroatoms. The minimum atomic E-state index is -0.285. The number of carbonyl (C=O) groups excluding carboxylic acids is 1. The lowest BCUT2D eigenvalue weighted by molar-refractivity contribution is -0.122. The molecule has 2 unspecified atom stereocenters. The number of hydrogen-bond acceptors (Lipinski definition) is 3. The zero-order chi connectivity index (χ0) is 15.6. The molecule has 1 aliphatic heterocycles. The van der Waals surface area contributed by atoms with E-state index < -0.39 is 0 Å². The molecule has 0 fully saturated rings. The van der Waals surface area contributed by atoms with Gasteiger partial charge in [-0.25, -0.2) is 0 Å². The van der Waals surface area contributed by atoms with E-state index in [9.17, 15) is 4.79 Å². The molecule has 2 rings (SSSR count). The molecule has 0 radical (unpaired) electrons. The van der Waals surface area contributed by atoms with Crippen molar-refractivity contribution in [3.63, 3.8) is 0 Å². The van der Waals surface area contributed by atoms with Gasteiger partial charge in [0.1, 0.15) is 11.4 Å². The predicted octanol–water partition coefficient (Wildman–Crippen LogP) is 3.22. The Labute approximate surface area is 127 Å². The summed E-state index contributed by atoms with van der Waals surface area (Å²) in [4.78, 5) is 11.8. The van der Waals surface area contributed by atoms with Gasteiger partial charge in [0.05, 0.1) is 6.04 Å². The fourth-order valence-electron chi connectivity index (χ4n) is 2.76. The monoisotopic (exact) mass is 290 g/mol. The zero-order valence-electron chi connectivity index (χ0n) is 13.4. The Morgan fingerprint density at radius 3 is 2.81 bits per heavy atom. The number of nitrogens with one attached hydrogen (secondary N) is 1. The average molecular weight is 290 g/mol. The molecule has 0 saturated carbocycles. The van der Waals surface area contributed by atoms with Crippen LogP contribution in [0.15, 0.2) is 18.2 Å². The first-order valence-electron chi connectivity index (χ1n) is 7.74. The third kappa shape index (κ3) is 3.56. The molecular formula is C17H26N2O2. The summed E-state index contributed by atoms with van der Waals surface area (Å²) in [6, 6.07) is 6.09. The fraction of sp³-hybridized carbons (Fsp3) is 0.588. The first-order chi connectivity index (χ1) is 9.86. The fourth-order valence-corrected chi connectivity index (χ4v) is 2.76. The van der Waals surface area contributed by atoms with E-state index in [0.29, 0.717) is 6.42 Å². The quantitative estimate of drug-likeness (QED) is 0.895. The number of hydrogen-bond donors (Lipinski definition) is 2. The molecule has 2 atom stereocenters. The van der Waals surface area contributed by atoms with Crippen LogP contribution < -0.4 is 15.8 Å². The summed E-state index contributed by atoms with van der Waals surface area (Å²) in [6.07, 6.45) is 2.13. The van der Waals surface area contributed by atoms with Crippen LogP contribution in [0.25, 0.3) is 0 Å². The van der Waals surface area contributed by atoms with E-state index in [-0.39, 0.29) is 23.6 Å². The topological polar surface area (TPSA) is 64.3 Å². The second-order valence-electron chi connectivity index (χ2n) is 6.35. The largest absolute Gasteiger partial charge is 0.487 e. The summed E-state index contributed by atoms with van der Waals surface area (Å²) in [5, 5.41) is 3.10. The van der Waals surface area contributed by atoms with Gasteiger partial charge in [0, 0.05) is 24.4 Å². The highest BCUT2D eigenvalue weighted by atomic mass is 16.5. The van der Waals surface area contributed by atoms with Crippen LogP contribution in [0.5, 0.6) is 5.75 Å². The highest BCUT2D eigenvalue weighted by Gasteiger charge is 2.34. The van der Waals surface area contributed by atoms with Crippen LogP contribution in [0.2, 0.25) is 0 Å². The van der Waals surface area contributed by atoms with Crippen LogP contribution in [-0.2, 0) is 4.79 Å². The number of carbonyl (C=O) groups is 1. The lowest BCUT2D eigenvalue weighted by Gasteiger charge is -2.38. The molecule has 0 aromatic heterocycles. The van der Waals surface area contributed by atoms with Crippen molar-refractivity contribution < 1.29 is 9.53 Å². The number of rotatable bonds is 4. The third-order valence-electron chi connectivity index (χ3n) is 4.02. The Hall–Kier alpha value is -1.55. The molecule has 0 saturated heterocycles. The molecule has 1 aliphatic rings. The van der Waals surface area contributed by atoms with Crippen LogP contribution in [0.4, 0.5) is 0 Å². The molecule has 0 bridgehead atoms. The minimum Gasteiger partial charge on any atom is -0.487 e. The second kappa shape index (κ2) is 6.06. The Bertz CT molecular complexity index is 526. The highest BCUT2D eigenvalue weighted by Crippen LogP contribution is 2.40. The number of ether oxygens (including phenoxy) is 1.